The van der Waals surface area contributed by atoms with Gasteiger partial charge in [-0.1, -0.05) is 72.2 Å². The summed E-state index contributed by atoms with van der Waals surface area (Å²) in [5, 5.41) is 0. The third-order valence-electron chi connectivity index (χ3n) is 4.63. The van der Waals surface area contributed by atoms with Crippen molar-refractivity contribution in [3.8, 4) is 23.7 Å². The van der Waals surface area contributed by atoms with Crippen LogP contribution in [0.1, 0.15) is 43.0 Å². The zero-order valence-electron chi connectivity index (χ0n) is 17.6. The number of rotatable bonds is 2. The van der Waals surface area contributed by atoms with Crippen LogP contribution in [0.25, 0.3) is 0 Å². The lowest BCUT2D eigenvalue weighted by Crippen LogP contribution is -2.13. The Bertz CT molecular complexity index is 1300. The molecule has 4 aromatic carbocycles. The van der Waals surface area contributed by atoms with Crippen LogP contribution in [0.5, 0.6) is 0 Å². The molecule has 0 unspecified atom stereocenters. The first-order valence-electron chi connectivity index (χ1n) is 10.3. The normalized spacial score (nSPS) is 9.58. The number of ether oxygens (including phenoxy) is 1. The zero-order chi connectivity index (χ0) is 22.9. The molecule has 0 spiro atoms. The maximum Gasteiger partial charge on any atom is 0.346 e. The Balaban J connectivity index is 1.46. The third kappa shape index (κ3) is 6.07. The van der Waals surface area contributed by atoms with Gasteiger partial charge in [-0.05, 0) is 60.7 Å². The molecule has 0 aliphatic rings. The first-order valence-corrected chi connectivity index (χ1v) is 10.3. The van der Waals surface area contributed by atoms with Crippen molar-refractivity contribution < 1.29 is 14.3 Å². The molecule has 0 amide bonds. The molecule has 0 radical (unpaired) electrons. The van der Waals surface area contributed by atoms with E-state index in [0.717, 1.165) is 11.1 Å². The van der Waals surface area contributed by atoms with Crippen LogP contribution < -0.4 is 0 Å². The summed E-state index contributed by atoms with van der Waals surface area (Å²) in [6.07, 6.45) is 0. The van der Waals surface area contributed by atoms with Crippen molar-refractivity contribution in [1.82, 2.24) is 0 Å². The van der Waals surface area contributed by atoms with E-state index in [-0.39, 0.29) is 11.1 Å². The Morgan fingerprint density at radius 3 is 1.24 bits per heavy atom. The van der Waals surface area contributed by atoms with Crippen LogP contribution in [0.4, 0.5) is 0 Å². The Kier molecular flexibility index (Phi) is 6.76. The lowest BCUT2D eigenvalue weighted by molar-refractivity contribution is 0.0397. The van der Waals surface area contributed by atoms with Crippen LogP contribution in [-0.4, -0.2) is 11.9 Å². The van der Waals surface area contributed by atoms with Crippen molar-refractivity contribution >= 4 is 11.9 Å². The van der Waals surface area contributed by atoms with E-state index >= 15 is 0 Å². The highest BCUT2D eigenvalue weighted by molar-refractivity contribution is 6.02. The first-order chi connectivity index (χ1) is 16.2. The first kappa shape index (κ1) is 21.4. The van der Waals surface area contributed by atoms with Gasteiger partial charge in [0.25, 0.3) is 0 Å². The Morgan fingerprint density at radius 1 is 0.455 bits per heavy atom. The van der Waals surface area contributed by atoms with Crippen molar-refractivity contribution in [3.63, 3.8) is 0 Å². The lowest BCUT2D eigenvalue weighted by Gasteiger charge is -2.04. The van der Waals surface area contributed by atoms with Gasteiger partial charge < -0.3 is 4.74 Å². The lowest BCUT2D eigenvalue weighted by atomic mass is 10.1. The third-order valence-corrected chi connectivity index (χ3v) is 4.63. The molecule has 4 aromatic rings. The minimum Gasteiger partial charge on any atom is -0.386 e. The maximum absolute atomic E-state index is 12.5. The number of carbonyl (C=O) groups excluding carboxylic acids is 2. The van der Waals surface area contributed by atoms with Crippen LogP contribution >= 0.6 is 0 Å². The summed E-state index contributed by atoms with van der Waals surface area (Å²) < 4.78 is 5.08. The predicted octanol–water partition coefficient (Wildman–Crippen LogP) is 5.48. The topological polar surface area (TPSA) is 43.4 Å². The van der Waals surface area contributed by atoms with E-state index in [9.17, 15) is 9.59 Å². The van der Waals surface area contributed by atoms with E-state index in [1.807, 2.05) is 60.7 Å². The van der Waals surface area contributed by atoms with E-state index in [0.29, 0.717) is 11.1 Å². The number of carbonyl (C=O) groups is 2. The van der Waals surface area contributed by atoms with Crippen LogP contribution in [0.15, 0.2) is 109 Å². The van der Waals surface area contributed by atoms with Gasteiger partial charge in [-0.15, -0.1) is 0 Å². The molecule has 0 N–H and O–H groups in total. The molecule has 0 fully saturated rings. The summed E-state index contributed by atoms with van der Waals surface area (Å²) in [6.45, 7) is 0. The second kappa shape index (κ2) is 10.4. The number of hydrogen-bond acceptors (Lipinski definition) is 3. The van der Waals surface area contributed by atoms with Crippen molar-refractivity contribution in [3.05, 3.63) is 143 Å². The van der Waals surface area contributed by atoms with Crippen molar-refractivity contribution in [2.75, 3.05) is 0 Å². The minimum absolute atomic E-state index is 0.253. The molecule has 0 heterocycles. The number of esters is 2. The molecule has 0 aliphatic heterocycles. The summed E-state index contributed by atoms with van der Waals surface area (Å²) in [7, 11) is 0. The predicted molar refractivity (Wildman–Crippen MR) is 127 cm³/mol. The van der Waals surface area contributed by atoms with Crippen LogP contribution in [-0.2, 0) is 4.74 Å². The molecule has 3 nitrogen and oxygen atoms in total. The van der Waals surface area contributed by atoms with Gasteiger partial charge in [0.1, 0.15) is 0 Å². The summed E-state index contributed by atoms with van der Waals surface area (Å²) in [4.78, 5) is 25.1. The maximum atomic E-state index is 12.5. The van der Waals surface area contributed by atoms with Gasteiger partial charge in [-0.3, -0.25) is 0 Å². The second-order valence-corrected chi connectivity index (χ2v) is 7.07. The summed E-state index contributed by atoms with van der Waals surface area (Å²) in [6, 6.07) is 32.5. The Hall–Kier alpha value is -4.86. The molecule has 0 saturated carbocycles. The zero-order valence-corrected chi connectivity index (χ0v) is 17.6. The van der Waals surface area contributed by atoms with E-state index in [4.69, 9.17) is 4.74 Å². The van der Waals surface area contributed by atoms with Gasteiger partial charge in [0, 0.05) is 22.3 Å². The molecule has 0 aliphatic carbocycles. The van der Waals surface area contributed by atoms with Gasteiger partial charge >= 0.3 is 11.9 Å². The molecule has 0 atom stereocenters. The standard InChI is InChI=1S/C30H18O3/c31-29(27-15-7-13-25(21-27)19-17-23-9-3-1-4-10-23)33-30(32)28-16-8-14-26(22-28)20-18-24-11-5-2-6-12-24/h1-16,21-22H. The summed E-state index contributed by atoms with van der Waals surface area (Å²) in [5.41, 5.74) is 3.55. The second-order valence-electron chi connectivity index (χ2n) is 7.07. The van der Waals surface area contributed by atoms with E-state index in [1.54, 1.807) is 48.5 Å². The summed E-state index contributed by atoms with van der Waals surface area (Å²) in [5.74, 6) is 10.7. The number of benzene rings is 4. The molecular formula is C30H18O3. The van der Waals surface area contributed by atoms with Crippen molar-refractivity contribution in [1.29, 1.82) is 0 Å². The van der Waals surface area contributed by atoms with Crippen LogP contribution in [0.2, 0.25) is 0 Å². The molecule has 0 aromatic heterocycles. The van der Waals surface area contributed by atoms with Crippen LogP contribution in [0.3, 0.4) is 0 Å². The van der Waals surface area contributed by atoms with E-state index in [2.05, 4.69) is 23.7 Å². The molecule has 0 bridgehead atoms. The van der Waals surface area contributed by atoms with Crippen molar-refractivity contribution in [2.24, 2.45) is 0 Å². The quantitative estimate of drug-likeness (QED) is 0.242. The Morgan fingerprint density at radius 2 is 0.818 bits per heavy atom. The molecule has 3 heteroatoms. The highest BCUT2D eigenvalue weighted by Gasteiger charge is 2.15. The smallest absolute Gasteiger partial charge is 0.346 e. The fourth-order valence-electron chi connectivity index (χ4n) is 2.98. The van der Waals surface area contributed by atoms with Gasteiger partial charge in [0.2, 0.25) is 0 Å². The molecule has 0 saturated heterocycles. The monoisotopic (exact) mass is 426 g/mol. The fourth-order valence-corrected chi connectivity index (χ4v) is 2.98. The summed E-state index contributed by atoms with van der Waals surface area (Å²) >= 11 is 0. The fraction of sp³-hybridized carbons (Fsp3) is 0. The van der Waals surface area contributed by atoms with Gasteiger partial charge in [-0.2, -0.15) is 0 Å². The Labute approximate surface area is 192 Å². The highest BCUT2D eigenvalue weighted by Crippen LogP contribution is 2.11. The molecule has 4 rings (SSSR count). The van der Waals surface area contributed by atoms with Crippen molar-refractivity contribution in [2.45, 2.75) is 0 Å². The average Bonchev–Trinajstić information content (AvgIpc) is 2.88. The number of hydrogen-bond donors (Lipinski definition) is 0. The molecule has 33 heavy (non-hydrogen) atoms. The highest BCUT2D eigenvalue weighted by atomic mass is 16.6. The van der Waals surface area contributed by atoms with E-state index in [1.165, 1.54) is 0 Å². The minimum atomic E-state index is -0.732. The molecular weight excluding hydrogens is 408 g/mol. The van der Waals surface area contributed by atoms with Gasteiger partial charge in [0.15, 0.2) is 0 Å². The largest absolute Gasteiger partial charge is 0.386 e. The van der Waals surface area contributed by atoms with E-state index < -0.39 is 11.9 Å². The SMILES string of the molecule is O=C(OC(=O)c1cccc(C#Cc2ccccc2)c1)c1cccc(C#Cc2ccccc2)c1. The van der Waals surface area contributed by atoms with Gasteiger partial charge in [0.05, 0.1) is 11.1 Å². The van der Waals surface area contributed by atoms with Gasteiger partial charge in [-0.25, -0.2) is 9.59 Å². The van der Waals surface area contributed by atoms with Crippen LogP contribution in [0, 0.1) is 23.7 Å². The average molecular weight is 426 g/mol. The molecule has 156 valence electrons.